The highest BCUT2D eigenvalue weighted by atomic mass is 35.5. The molecule has 1 unspecified atom stereocenters. The molecule has 1 aliphatic heterocycles. The number of amides is 1. The van der Waals surface area contributed by atoms with Crippen molar-refractivity contribution in [1.82, 2.24) is 4.90 Å². The van der Waals surface area contributed by atoms with Gasteiger partial charge in [0.25, 0.3) is 0 Å². The summed E-state index contributed by atoms with van der Waals surface area (Å²) < 4.78 is 13.0. The summed E-state index contributed by atoms with van der Waals surface area (Å²) in [6.45, 7) is 1.76. The number of nitrogens with one attached hydrogen (secondary N) is 1. The number of nitrogens with two attached hydrogens (primary N) is 1. The molecule has 0 saturated carbocycles. The van der Waals surface area contributed by atoms with Crippen molar-refractivity contribution in [2.24, 2.45) is 5.73 Å². The van der Waals surface area contributed by atoms with E-state index in [2.05, 4.69) is 10.2 Å². The number of carbonyl (C=O) groups excluding carboxylic acids is 1. The van der Waals surface area contributed by atoms with Gasteiger partial charge >= 0.3 is 0 Å². The SMILES string of the molecule is NCC1CCCCN1CC(=O)Nc1ccc(F)c(Cl)c1. The van der Waals surface area contributed by atoms with Gasteiger partial charge in [0.05, 0.1) is 11.6 Å². The molecule has 1 aliphatic rings. The fourth-order valence-electron chi connectivity index (χ4n) is 2.49. The van der Waals surface area contributed by atoms with E-state index in [1.54, 1.807) is 0 Å². The molecule has 1 amide bonds. The maximum absolute atomic E-state index is 13.0. The van der Waals surface area contributed by atoms with Crippen LogP contribution in [0.25, 0.3) is 0 Å². The van der Waals surface area contributed by atoms with Gasteiger partial charge in [0, 0.05) is 18.3 Å². The zero-order valence-electron chi connectivity index (χ0n) is 11.2. The zero-order valence-corrected chi connectivity index (χ0v) is 12.0. The number of anilines is 1. The Bertz CT molecular complexity index is 483. The first-order valence-corrected chi connectivity index (χ1v) is 7.17. The van der Waals surface area contributed by atoms with E-state index in [-0.39, 0.29) is 17.0 Å². The lowest BCUT2D eigenvalue weighted by atomic mass is 10.0. The van der Waals surface area contributed by atoms with Crippen molar-refractivity contribution in [3.63, 3.8) is 0 Å². The second-order valence-electron chi connectivity index (χ2n) is 5.03. The van der Waals surface area contributed by atoms with Crippen LogP contribution in [0.4, 0.5) is 10.1 Å². The van der Waals surface area contributed by atoms with Gasteiger partial charge in [0.2, 0.25) is 5.91 Å². The van der Waals surface area contributed by atoms with Gasteiger partial charge in [-0.2, -0.15) is 0 Å². The van der Waals surface area contributed by atoms with Crippen molar-refractivity contribution in [2.75, 3.05) is 25.0 Å². The fraction of sp³-hybridized carbons (Fsp3) is 0.500. The van der Waals surface area contributed by atoms with Gasteiger partial charge in [-0.15, -0.1) is 0 Å². The van der Waals surface area contributed by atoms with Crippen LogP contribution in [0, 0.1) is 5.82 Å². The number of likely N-dealkylation sites (tertiary alicyclic amines) is 1. The van der Waals surface area contributed by atoms with E-state index in [0.29, 0.717) is 18.8 Å². The zero-order chi connectivity index (χ0) is 14.5. The largest absolute Gasteiger partial charge is 0.329 e. The smallest absolute Gasteiger partial charge is 0.238 e. The van der Waals surface area contributed by atoms with Gasteiger partial charge in [-0.25, -0.2) is 4.39 Å². The molecule has 1 saturated heterocycles. The average Bonchev–Trinajstić information content (AvgIpc) is 2.43. The molecular weight excluding hydrogens is 281 g/mol. The molecule has 1 aromatic rings. The summed E-state index contributed by atoms with van der Waals surface area (Å²) in [6, 6.07) is 4.41. The maximum Gasteiger partial charge on any atom is 0.238 e. The standard InChI is InChI=1S/C14H19ClFN3O/c15-12-7-10(4-5-13(12)16)18-14(20)9-19-6-2-1-3-11(19)8-17/h4-5,7,11H,1-3,6,8-9,17H2,(H,18,20). The van der Waals surface area contributed by atoms with Crippen LogP contribution in [0.1, 0.15) is 19.3 Å². The highest BCUT2D eigenvalue weighted by Gasteiger charge is 2.22. The van der Waals surface area contributed by atoms with Crippen molar-refractivity contribution in [1.29, 1.82) is 0 Å². The second kappa shape index (κ2) is 7.02. The molecule has 0 bridgehead atoms. The van der Waals surface area contributed by atoms with Crippen molar-refractivity contribution in [3.05, 3.63) is 29.0 Å². The molecular formula is C14H19ClFN3O. The van der Waals surface area contributed by atoms with Gasteiger partial charge in [-0.1, -0.05) is 18.0 Å². The predicted molar refractivity (Wildman–Crippen MR) is 78.3 cm³/mol. The molecule has 20 heavy (non-hydrogen) atoms. The summed E-state index contributed by atoms with van der Waals surface area (Å²) in [5.74, 6) is -0.628. The fourth-order valence-corrected chi connectivity index (χ4v) is 2.67. The molecule has 1 heterocycles. The van der Waals surface area contributed by atoms with Gasteiger partial charge < -0.3 is 11.1 Å². The average molecular weight is 300 g/mol. The van der Waals surface area contributed by atoms with Crippen molar-refractivity contribution >= 4 is 23.2 Å². The number of hydrogen-bond donors (Lipinski definition) is 2. The topological polar surface area (TPSA) is 58.4 Å². The Morgan fingerprint density at radius 1 is 1.50 bits per heavy atom. The van der Waals surface area contributed by atoms with Crippen LogP contribution in [-0.4, -0.2) is 36.5 Å². The van der Waals surface area contributed by atoms with Crippen molar-refractivity contribution < 1.29 is 9.18 Å². The minimum absolute atomic E-state index is 0.000562. The van der Waals surface area contributed by atoms with Crippen LogP contribution >= 0.6 is 11.6 Å². The minimum Gasteiger partial charge on any atom is -0.329 e. The second-order valence-corrected chi connectivity index (χ2v) is 5.44. The lowest BCUT2D eigenvalue weighted by molar-refractivity contribution is -0.118. The number of hydrogen-bond acceptors (Lipinski definition) is 3. The molecule has 1 fully saturated rings. The molecule has 1 aromatic carbocycles. The Labute approximate surface area is 123 Å². The van der Waals surface area contributed by atoms with Crippen LogP contribution in [0.5, 0.6) is 0 Å². The first kappa shape index (κ1) is 15.2. The lowest BCUT2D eigenvalue weighted by Crippen LogP contribution is -2.47. The molecule has 0 aromatic heterocycles. The van der Waals surface area contributed by atoms with E-state index in [0.717, 1.165) is 25.8 Å². The van der Waals surface area contributed by atoms with Crippen LogP contribution in [0.3, 0.4) is 0 Å². The third-order valence-electron chi connectivity index (χ3n) is 3.57. The van der Waals surface area contributed by atoms with E-state index >= 15 is 0 Å². The van der Waals surface area contributed by atoms with Crippen LogP contribution in [-0.2, 0) is 4.79 Å². The number of piperidine rings is 1. The van der Waals surface area contributed by atoms with E-state index in [4.69, 9.17) is 17.3 Å². The number of carbonyl (C=O) groups is 1. The maximum atomic E-state index is 13.0. The van der Waals surface area contributed by atoms with E-state index in [1.807, 2.05) is 0 Å². The highest BCUT2D eigenvalue weighted by molar-refractivity contribution is 6.31. The Hall–Kier alpha value is -1.17. The van der Waals surface area contributed by atoms with Gasteiger partial charge in [-0.05, 0) is 37.6 Å². The Morgan fingerprint density at radius 2 is 2.30 bits per heavy atom. The number of nitrogens with zero attached hydrogens (tertiary/aromatic N) is 1. The molecule has 0 spiro atoms. The first-order chi connectivity index (χ1) is 9.60. The van der Waals surface area contributed by atoms with Crippen LogP contribution < -0.4 is 11.1 Å². The summed E-state index contributed by atoms with van der Waals surface area (Å²) >= 11 is 5.68. The monoisotopic (exact) mass is 299 g/mol. The molecule has 2 rings (SSSR count). The van der Waals surface area contributed by atoms with E-state index in [9.17, 15) is 9.18 Å². The molecule has 6 heteroatoms. The quantitative estimate of drug-likeness (QED) is 0.896. The third kappa shape index (κ3) is 3.91. The molecule has 0 aliphatic carbocycles. The molecule has 110 valence electrons. The van der Waals surface area contributed by atoms with Crippen LogP contribution in [0.2, 0.25) is 5.02 Å². The number of halogens is 2. The summed E-state index contributed by atoms with van der Waals surface area (Å²) in [6.07, 6.45) is 3.28. The number of rotatable bonds is 4. The highest BCUT2D eigenvalue weighted by Crippen LogP contribution is 2.20. The molecule has 4 nitrogen and oxygen atoms in total. The summed E-state index contributed by atoms with van der Waals surface area (Å²) in [5, 5.41) is 2.73. The third-order valence-corrected chi connectivity index (χ3v) is 3.86. The Morgan fingerprint density at radius 3 is 3.00 bits per heavy atom. The first-order valence-electron chi connectivity index (χ1n) is 6.79. The number of benzene rings is 1. The normalized spacial score (nSPS) is 19.9. The van der Waals surface area contributed by atoms with Crippen molar-refractivity contribution in [3.8, 4) is 0 Å². The summed E-state index contributed by atoms with van der Waals surface area (Å²) in [4.78, 5) is 14.1. The molecule has 0 radical (unpaired) electrons. The molecule has 3 N–H and O–H groups in total. The Kier molecular flexibility index (Phi) is 5.34. The van der Waals surface area contributed by atoms with Crippen molar-refractivity contribution in [2.45, 2.75) is 25.3 Å². The predicted octanol–water partition coefficient (Wildman–Crippen LogP) is 2.23. The summed E-state index contributed by atoms with van der Waals surface area (Å²) in [5.41, 5.74) is 6.23. The van der Waals surface area contributed by atoms with Gasteiger partial charge in [0.1, 0.15) is 5.82 Å². The van der Waals surface area contributed by atoms with Gasteiger partial charge in [-0.3, -0.25) is 9.69 Å². The Balaban J connectivity index is 1.92. The van der Waals surface area contributed by atoms with Gasteiger partial charge in [0.15, 0.2) is 0 Å². The van der Waals surface area contributed by atoms with E-state index in [1.165, 1.54) is 18.2 Å². The van der Waals surface area contributed by atoms with Crippen LogP contribution in [0.15, 0.2) is 18.2 Å². The minimum atomic E-state index is -0.496. The summed E-state index contributed by atoms with van der Waals surface area (Å²) in [7, 11) is 0. The lowest BCUT2D eigenvalue weighted by Gasteiger charge is -2.34. The molecule has 1 atom stereocenters. The van der Waals surface area contributed by atoms with E-state index < -0.39 is 5.82 Å².